The third kappa shape index (κ3) is 5.11. The largest absolute Gasteiger partial charge is 0.496 e. The average Bonchev–Trinajstić information content (AvgIpc) is 3.23. The first-order chi connectivity index (χ1) is 19.2. The number of halogens is 1. The first-order valence-corrected chi connectivity index (χ1v) is 14.6. The van der Waals surface area contributed by atoms with Crippen molar-refractivity contribution in [3.63, 3.8) is 0 Å². The number of esters is 1. The van der Waals surface area contributed by atoms with Crippen molar-refractivity contribution in [1.29, 1.82) is 0 Å². The predicted octanol–water partition coefficient (Wildman–Crippen LogP) is 5.51. The normalized spacial score (nSPS) is 15.3. The molecule has 206 valence electrons. The lowest BCUT2D eigenvalue weighted by Gasteiger charge is -2.25. The molecular formula is C31H29BrN2O5S. The van der Waals surface area contributed by atoms with E-state index in [-0.39, 0.29) is 18.3 Å². The second-order valence-corrected chi connectivity index (χ2v) is 11.4. The van der Waals surface area contributed by atoms with E-state index in [1.165, 1.54) is 11.3 Å². The number of carbonyl (C=O) groups is 1. The van der Waals surface area contributed by atoms with Crippen LogP contribution in [0, 0.1) is 0 Å². The van der Waals surface area contributed by atoms with Crippen LogP contribution in [0.2, 0.25) is 0 Å². The first-order valence-electron chi connectivity index (χ1n) is 12.9. The van der Waals surface area contributed by atoms with Gasteiger partial charge in [0.05, 0.1) is 46.1 Å². The van der Waals surface area contributed by atoms with Gasteiger partial charge in [-0.3, -0.25) is 9.36 Å². The molecule has 2 heterocycles. The highest BCUT2D eigenvalue weighted by Gasteiger charge is 2.33. The number of carbonyl (C=O) groups excluding carboxylic acids is 1. The van der Waals surface area contributed by atoms with Crippen LogP contribution in [0.4, 0.5) is 0 Å². The maximum atomic E-state index is 14.1. The molecule has 0 amide bonds. The van der Waals surface area contributed by atoms with Crippen LogP contribution in [0.1, 0.15) is 44.9 Å². The van der Waals surface area contributed by atoms with Gasteiger partial charge in [0.25, 0.3) is 5.56 Å². The molecule has 1 aliphatic heterocycles. The molecule has 1 aliphatic rings. The van der Waals surface area contributed by atoms with Crippen LogP contribution in [-0.2, 0) is 9.53 Å². The van der Waals surface area contributed by atoms with Crippen LogP contribution in [0.5, 0.6) is 11.5 Å². The average molecular weight is 622 g/mol. The summed E-state index contributed by atoms with van der Waals surface area (Å²) >= 11 is 4.83. The van der Waals surface area contributed by atoms with Crippen LogP contribution in [-0.4, -0.2) is 30.4 Å². The van der Waals surface area contributed by atoms with Crippen molar-refractivity contribution in [2.45, 2.75) is 39.8 Å². The van der Waals surface area contributed by atoms with Crippen molar-refractivity contribution in [3.05, 3.63) is 101 Å². The quantitative estimate of drug-likeness (QED) is 0.255. The number of ether oxygens (including phenoxy) is 3. The van der Waals surface area contributed by atoms with Gasteiger partial charge in [-0.15, -0.1) is 0 Å². The molecule has 0 saturated carbocycles. The molecule has 0 saturated heterocycles. The topological polar surface area (TPSA) is 79.1 Å². The van der Waals surface area contributed by atoms with Gasteiger partial charge in [-0.25, -0.2) is 9.79 Å². The minimum Gasteiger partial charge on any atom is -0.496 e. The molecule has 40 heavy (non-hydrogen) atoms. The highest BCUT2D eigenvalue weighted by atomic mass is 79.9. The third-order valence-electron chi connectivity index (χ3n) is 6.58. The van der Waals surface area contributed by atoms with Crippen LogP contribution < -0.4 is 24.4 Å². The van der Waals surface area contributed by atoms with E-state index >= 15 is 0 Å². The zero-order chi connectivity index (χ0) is 28.6. The van der Waals surface area contributed by atoms with Crippen LogP contribution in [0.15, 0.2) is 80.1 Å². The highest BCUT2D eigenvalue weighted by Crippen LogP contribution is 2.35. The fourth-order valence-electron chi connectivity index (χ4n) is 4.87. The molecule has 0 fully saturated rings. The summed E-state index contributed by atoms with van der Waals surface area (Å²) in [5, 5.41) is 2.02. The summed E-state index contributed by atoms with van der Waals surface area (Å²) in [6, 6.07) is 16.7. The Balaban J connectivity index is 1.78. The molecule has 1 atom stereocenters. The molecule has 5 rings (SSSR count). The second-order valence-electron chi connectivity index (χ2n) is 9.56. The van der Waals surface area contributed by atoms with Gasteiger partial charge in [0.1, 0.15) is 11.5 Å². The van der Waals surface area contributed by atoms with Gasteiger partial charge in [-0.2, -0.15) is 0 Å². The van der Waals surface area contributed by atoms with E-state index in [0.717, 1.165) is 21.9 Å². The summed E-state index contributed by atoms with van der Waals surface area (Å²) in [5.74, 6) is 0.832. The van der Waals surface area contributed by atoms with Gasteiger partial charge in [0.2, 0.25) is 0 Å². The van der Waals surface area contributed by atoms with Gasteiger partial charge in [0, 0.05) is 5.56 Å². The number of benzene rings is 3. The Labute approximate surface area is 244 Å². The van der Waals surface area contributed by atoms with Crippen LogP contribution >= 0.6 is 27.3 Å². The minimum atomic E-state index is -0.724. The van der Waals surface area contributed by atoms with Crippen LogP contribution in [0.25, 0.3) is 16.8 Å². The van der Waals surface area contributed by atoms with Crippen molar-refractivity contribution in [2.24, 2.45) is 4.99 Å². The van der Waals surface area contributed by atoms with E-state index in [1.54, 1.807) is 31.6 Å². The highest BCUT2D eigenvalue weighted by molar-refractivity contribution is 9.10. The van der Waals surface area contributed by atoms with Crippen molar-refractivity contribution in [3.8, 4) is 11.5 Å². The van der Waals surface area contributed by atoms with Crippen molar-refractivity contribution in [1.82, 2.24) is 4.57 Å². The van der Waals surface area contributed by atoms with Crippen molar-refractivity contribution in [2.75, 3.05) is 13.7 Å². The smallest absolute Gasteiger partial charge is 0.338 e. The molecular weight excluding hydrogens is 592 g/mol. The fraction of sp³-hybridized carbons (Fsp3) is 0.258. The molecule has 0 radical (unpaired) electrons. The molecule has 1 aromatic heterocycles. The standard InChI is InChI=1S/C31H29BrN2O5S/c1-6-38-30(36)27-18(4)33-31-34(28(27)20-12-14-25(37-5)23(32)15-20)29(35)26(40-31)16-22-21-10-8-7-9-19(21)11-13-24(22)39-17(2)3/h7-17,28H,6H2,1-5H3/b26-16+/t28-/m0/s1. The van der Waals surface area contributed by atoms with Crippen molar-refractivity contribution >= 4 is 50.1 Å². The summed E-state index contributed by atoms with van der Waals surface area (Å²) in [4.78, 5) is 32.5. The number of rotatable bonds is 7. The minimum absolute atomic E-state index is 0.0437. The molecule has 3 aromatic carbocycles. The Kier molecular flexibility index (Phi) is 7.96. The van der Waals surface area contributed by atoms with E-state index < -0.39 is 12.0 Å². The number of fused-ring (bicyclic) bond motifs is 2. The van der Waals surface area contributed by atoms with Gasteiger partial charge in [-0.1, -0.05) is 47.7 Å². The SMILES string of the molecule is CCOC(=O)C1=C(C)N=c2s/c(=C/c3c(OC(C)C)ccc4ccccc34)c(=O)n2[C@H]1c1ccc(OC)c(Br)c1. The molecule has 0 N–H and O–H groups in total. The number of methoxy groups -OCH3 is 1. The lowest BCUT2D eigenvalue weighted by molar-refractivity contribution is -0.139. The number of allylic oxidation sites excluding steroid dienone is 1. The summed E-state index contributed by atoms with van der Waals surface area (Å²) in [5.41, 5.74) is 2.14. The Hall–Kier alpha value is -3.69. The maximum Gasteiger partial charge on any atom is 0.338 e. The van der Waals surface area contributed by atoms with Crippen LogP contribution in [0.3, 0.4) is 0 Å². The zero-order valence-corrected chi connectivity index (χ0v) is 25.3. The maximum absolute atomic E-state index is 14.1. The molecule has 0 spiro atoms. The summed E-state index contributed by atoms with van der Waals surface area (Å²) < 4.78 is 19.7. The van der Waals surface area contributed by atoms with Crippen molar-refractivity contribution < 1.29 is 19.0 Å². The summed E-state index contributed by atoms with van der Waals surface area (Å²) in [6.07, 6.45) is 1.83. The number of hydrogen-bond donors (Lipinski definition) is 0. The number of hydrogen-bond acceptors (Lipinski definition) is 7. The van der Waals surface area contributed by atoms with E-state index in [4.69, 9.17) is 19.2 Å². The first kappa shape index (κ1) is 27.9. The number of thiazole rings is 1. The monoisotopic (exact) mass is 620 g/mol. The summed E-state index contributed by atoms with van der Waals surface area (Å²) in [7, 11) is 1.58. The van der Waals surface area contributed by atoms with Gasteiger partial charge in [0.15, 0.2) is 4.80 Å². The van der Waals surface area contributed by atoms with E-state index in [9.17, 15) is 9.59 Å². The Morgan fingerprint density at radius 3 is 2.60 bits per heavy atom. The molecule has 9 heteroatoms. The lowest BCUT2D eigenvalue weighted by Crippen LogP contribution is -2.40. The molecule has 0 aliphatic carbocycles. The van der Waals surface area contributed by atoms with Gasteiger partial charge >= 0.3 is 5.97 Å². The Morgan fingerprint density at radius 1 is 1.15 bits per heavy atom. The fourth-order valence-corrected chi connectivity index (χ4v) is 6.46. The predicted molar refractivity (Wildman–Crippen MR) is 161 cm³/mol. The molecule has 4 aromatic rings. The van der Waals surface area contributed by atoms with E-state index in [0.29, 0.717) is 36.6 Å². The molecule has 0 unspecified atom stereocenters. The van der Waals surface area contributed by atoms with Gasteiger partial charge < -0.3 is 14.2 Å². The zero-order valence-electron chi connectivity index (χ0n) is 22.9. The number of aromatic nitrogens is 1. The Bertz CT molecular complexity index is 1840. The van der Waals surface area contributed by atoms with E-state index in [1.807, 2.05) is 68.5 Å². The third-order valence-corrected chi connectivity index (χ3v) is 8.18. The Morgan fingerprint density at radius 2 is 1.90 bits per heavy atom. The molecule has 0 bridgehead atoms. The van der Waals surface area contributed by atoms with E-state index in [2.05, 4.69) is 15.9 Å². The number of nitrogens with zero attached hydrogens (tertiary/aromatic N) is 2. The van der Waals surface area contributed by atoms with Gasteiger partial charge in [-0.05, 0) is 84.2 Å². The lowest BCUT2D eigenvalue weighted by atomic mass is 9.96. The molecule has 7 nitrogen and oxygen atoms in total. The summed E-state index contributed by atoms with van der Waals surface area (Å²) in [6.45, 7) is 7.68. The second kappa shape index (κ2) is 11.4.